The lowest BCUT2D eigenvalue weighted by Gasteiger charge is -2.00. The molecule has 0 saturated heterocycles. The number of halogens is 1. The number of nitro benzene ring substituents is 1. The predicted molar refractivity (Wildman–Crippen MR) is 60.4 cm³/mol. The van der Waals surface area contributed by atoms with Gasteiger partial charge in [0.25, 0.3) is 0 Å². The molecule has 0 aliphatic heterocycles. The third kappa shape index (κ3) is 3.27. The number of aromatic hydroxyl groups is 1. The van der Waals surface area contributed by atoms with Gasteiger partial charge in [0.15, 0.2) is 5.75 Å². The molecule has 96 valence electrons. The van der Waals surface area contributed by atoms with Crippen LogP contribution in [0.2, 0.25) is 0 Å². The van der Waals surface area contributed by atoms with Gasteiger partial charge >= 0.3 is 11.7 Å². The van der Waals surface area contributed by atoms with Crippen molar-refractivity contribution >= 4 is 17.7 Å². The lowest BCUT2D eigenvalue weighted by molar-refractivity contribution is -0.385. The summed E-state index contributed by atoms with van der Waals surface area (Å²) < 4.78 is 17.7. The molecule has 1 aromatic carbocycles. The van der Waals surface area contributed by atoms with Crippen molar-refractivity contribution in [1.29, 1.82) is 0 Å². The summed E-state index contributed by atoms with van der Waals surface area (Å²) in [5, 5.41) is 19.7. The van der Waals surface area contributed by atoms with Crippen molar-refractivity contribution in [3.8, 4) is 5.75 Å². The van der Waals surface area contributed by atoms with Gasteiger partial charge in [0.1, 0.15) is 5.82 Å². The fourth-order valence-electron chi connectivity index (χ4n) is 1.21. The number of phenolic OH excluding ortho intramolecular Hbond substituents is 1. The summed E-state index contributed by atoms with van der Waals surface area (Å²) in [7, 11) is 1.21. The Balaban J connectivity index is 2.99. The van der Waals surface area contributed by atoms with Crippen LogP contribution in [-0.2, 0) is 9.53 Å². The molecule has 0 aliphatic carbocycles. The van der Waals surface area contributed by atoms with Gasteiger partial charge in [-0.15, -0.1) is 0 Å². The second-order valence-corrected chi connectivity index (χ2v) is 3.30. The van der Waals surface area contributed by atoms with E-state index < -0.39 is 28.1 Å². The molecule has 1 N–H and O–H groups in total. The van der Waals surface area contributed by atoms with Crippen LogP contribution in [0, 0.1) is 15.9 Å². The molecule has 0 unspecified atom stereocenters. The van der Waals surface area contributed by atoms with Crippen molar-refractivity contribution in [2.45, 2.75) is 6.42 Å². The van der Waals surface area contributed by atoms with E-state index in [1.165, 1.54) is 19.3 Å². The summed E-state index contributed by atoms with van der Waals surface area (Å²) in [5.41, 5.74) is -0.697. The fourth-order valence-corrected chi connectivity index (χ4v) is 1.21. The smallest absolute Gasteiger partial charge is 0.311 e. The second-order valence-electron chi connectivity index (χ2n) is 3.30. The number of nitrogens with zero attached hydrogens (tertiary/aromatic N) is 1. The van der Waals surface area contributed by atoms with Gasteiger partial charge in [-0.05, 0) is 0 Å². The van der Waals surface area contributed by atoms with E-state index in [2.05, 4.69) is 4.74 Å². The van der Waals surface area contributed by atoms with Crippen LogP contribution in [0.25, 0.3) is 6.08 Å². The number of hydrogen-bond donors (Lipinski definition) is 1. The van der Waals surface area contributed by atoms with Crippen molar-refractivity contribution in [2.75, 3.05) is 7.11 Å². The average molecular weight is 255 g/mol. The van der Waals surface area contributed by atoms with Crippen LogP contribution in [-0.4, -0.2) is 23.1 Å². The first kappa shape index (κ1) is 13.6. The van der Waals surface area contributed by atoms with E-state index in [9.17, 15) is 19.3 Å². The number of nitro groups is 1. The maximum absolute atomic E-state index is 13.4. The monoisotopic (exact) mass is 255 g/mol. The van der Waals surface area contributed by atoms with Crippen LogP contribution >= 0.6 is 0 Å². The normalized spacial score (nSPS) is 10.6. The van der Waals surface area contributed by atoms with Crippen LogP contribution in [0.15, 0.2) is 18.2 Å². The maximum Gasteiger partial charge on any atom is 0.311 e. The number of hydrogen-bond acceptors (Lipinski definition) is 5. The van der Waals surface area contributed by atoms with Gasteiger partial charge in [0.05, 0.1) is 18.5 Å². The van der Waals surface area contributed by atoms with Gasteiger partial charge < -0.3 is 9.84 Å². The van der Waals surface area contributed by atoms with E-state index in [-0.39, 0.29) is 12.0 Å². The summed E-state index contributed by atoms with van der Waals surface area (Å²) in [6.07, 6.45) is 2.44. The number of ether oxygens (including phenoxy) is 1. The number of benzene rings is 1. The summed E-state index contributed by atoms with van der Waals surface area (Å²) >= 11 is 0. The highest BCUT2D eigenvalue weighted by molar-refractivity contribution is 5.72. The van der Waals surface area contributed by atoms with Crippen molar-refractivity contribution in [1.82, 2.24) is 0 Å². The Hall–Kier alpha value is -2.44. The largest absolute Gasteiger partial charge is 0.502 e. The van der Waals surface area contributed by atoms with Gasteiger partial charge in [0, 0.05) is 17.7 Å². The molecule has 0 aromatic heterocycles. The first-order valence-corrected chi connectivity index (χ1v) is 4.86. The number of esters is 1. The van der Waals surface area contributed by atoms with Crippen LogP contribution in [0.1, 0.15) is 12.0 Å². The SMILES string of the molecule is COC(=O)CC=Cc1cc([N+](=O)[O-])c(O)cc1F. The Labute approximate surface area is 101 Å². The minimum Gasteiger partial charge on any atom is -0.502 e. The summed E-state index contributed by atoms with van der Waals surface area (Å²) in [4.78, 5) is 20.5. The van der Waals surface area contributed by atoms with E-state index in [1.807, 2.05) is 0 Å². The van der Waals surface area contributed by atoms with Crippen molar-refractivity contribution < 1.29 is 24.0 Å². The number of rotatable bonds is 4. The number of methoxy groups -OCH3 is 1. The Morgan fingerprint density at radius 1 is 1.61 bits per heavy atom. The van der Waals surface area contributed by atoms with Crippen molar-refractivity contribution in [2.24, 2.45) is 0 Å². The highest BCUT2D eigenvalue weighted by Crippen LogP contribution is 2.29. The van der Waals surface area contributed by atoms with E-state index in [0.29, 0.717) is 6.07 Å². The molecule has 1 aromatic rings. The quantitative estimate of drug-likeness (QED) is 0.505. The molecule has 0 saturated carbocycles. The highest BCUT2D eigenvalue weighted by Gasteiger charge is 2.16. The first-order chi connectivity index (χ1) is 8.45. The lowest BCUT2D eigenvalue weighted by Crippen LogP contribution is -1.97. The summed E-state index contributed by atoms with van der Waals surface area (Å²) in [6, 6.07) is 1.54. The Bertz CT molecular complexity index is 512. The Morgan fingerprint density at radius 2 is 2.28 bits per heavy atom. The number of phenols is 1. The lowest BCUT2D eigenvalue weighted by atomic mass is 10.1. The maximum atomic E-state index is 13.4. The number of carbonyl (C=O) groups is 1. The summed E-state index contributed by atoms with van der Waals surface area (Å²) in [5.74, 6) is -2.08. The molecule has 0 atom stereocenters. The molecule has 0 aliphatic rings. The molecule has 1 rings (SSSR count). The van der Waals surface area contributed by atoms with Crippen LogP contribution in [0.5, 0.6) is 5.75 Å². The Morgan fingerprint density at radius 3 is 2.83 bits per heavy atom. The molecule has 7 heteroatoms. The molecular formula is C11H10FNO5. The second kappa shape index (κ2) is 5.76. The first-order valence-electron chi connectivity index (χ1n) is 4.86. The van der Waals surface area contributed by atoms with E-state index in [0.717, 1.165) is 6.07 Å². The topological polar surface area (TPSA) is 89.7 Å². The third-order valence-corrected chi connectivity index (χ3v) is 2.10. The van der Waals surface area contributed by atoms with Crippen LogP contribution in [0.3, 0.4) is 0 Å². The van der Waals surface area contributed by atoms with Crippen molar-refractivity contribution in [3.63, 3.8) is 0 Å². The molecule has 18 heavy (non-hydrogen) atoms. The van der Waals surface area contributed by atoms with Gasteiger partial charge in [-0.3, -0.25) is 14.9 Å². The molecule has 0 heterocycles. The van der Waals surface area contributed by atoms with Gasteiger partial charge in [0.2, 0.25) is 0 Å². The molecule has 6 nitrogen and oxygen atoms in total. The minimum absolute atomic E-state index is 0.0788. The molecule has 0 bridgehead atoms. The molecule has 0 amide bonds. The third-order valence-electron chi connectivity index (χ3n) is 2.10. The van der Waals surface area contributed by atoms with E-state index >= 15 is 0 Å². The highest BCUT2D eigenvalue weighted by atomic mass is 19.1. The van der Waals surface area contributed by atoms with E-state index in [4.69, 9.17) is 5.11 Å². The fraction of sp³-hybridized carbons (Fsp3) is 0.182. The molecule has 0 fully saturated rings. The van der Waals surface area contributed by atoms with Crippen LogP contribution < -0.4 is 0 Å². The zero-order chi connectivity index (χ0) is 13.7. The minimum atomic E-state index is -0.827. The van der Waals surface area contributed by atoms with Gasteiger partial charge in [-0.25, -0.2) is 4.39 Å². The Kier molecular flexibility index (Phi) is 4.36. The standard InChI is InChI=1S/C11H10FNO5/c1-18-11(15)4-2-3-7-5-9(13(16)17)10(14)6-8(7)12/h2-3,5-6,14H,4H2,1H3. The number of carbonyl (C=O) groups excluding carboxylic acids is 1. The average Bonchev–Trinajstić information content (AvgIpc) is 2.31. The van der Waals surface area contributed by atoms with Gasteiger partial charge in [-0.1, -0.05) is 12.2 Å². The molecule has 0 spiro atoms. The molecule has 0 radical (unpaired) electrons. The van der Waals surface area contributed by atoms with Crippen molar-refractivity contribution in [3.05, 3.63) is 39.7 Å². The summed E-state index contributed by atoms with van der Waals surface area (Å²) in [6.45, 7) is 0. The zero-order valence-corrected chi connectivity index (χ0v) is 9.42. The van der Waals surface area contributed by atoms with E-state index in [1.54, 1.807) is 0 Å². The molecular weight excluding hydrogens is 245 g/mol. The van der Waals surface area contributed by atoms with Crippen LogP contribution in [0.4, 0.5) is 10.1 Å². The van der Waals surface area contributed by atoms with Gasteiger partial charge in [-0.2, -0.15) is 0 Å². The predicted octanol–water partition coefficient (Wildman–Crippen LogP) is 2.02. The zero-order valence-electron chi connectivity index (χ0n) is 9.42.